The van der Waals surface area contributed by atoms with E-state index in [1.54, 1.807) is 5.51 Å². The lowest BCUT2D eigenvalue weighted by molar-refractivity contribution is 0.0936. The molecule has 0 fully saturated rings. The maximum absolute atomic E-state index is 12.5. The number of hydrogen-bond donors (Lipinski definition) is 1. The van der Waals surface area contributed by atoms with Crippen LogP contribution in [0.1, 0.15) is 45.4 Å². The predicted octanol–water partition coefficient (Wildman–Crippen LogP) is 2.96. The fourth-order valence-corrected chi connectivity index (χ4v) is 4.25. The highest BCUT2D eigenvalue weighted by atomic mass is 32.1. The van der Waals surface area contributed by atoms with E-state index in [0.29, 0.717) is 4.88 Å². The largest absolute Gasteiger partial charge is 0.348 e. The third-order valence-corrected chi connectivity index (χ3v) is 6.02. The van der Waals surface area contributed by atoms with Gasteiger partial charge in [0.25, 0.3) is 5.91 Å². The number of amides is 1. The first kappa shape index (κ1) is 17.9. The standard InChI is InChI=1S/C20H23N5OS/c1-14-19(27-13-21-14)20(26)22-16-8-10-18-24-23-17(25(18)12-11-16)9-7-15-5-3-2-4-6-15/h2-6,13,16H,7-12H2,1H3,(H,22,26). The van der Waals surface area contributed by atoms with Crippen LogP contribution in [0.2, 0.25) is 0 Å². The maximum atomic E-state index is 12.5. The van der Waals surface area contributed by atoms with Crippen LogP contribution in [0.4, 0.5) is 0 Å². The van der Waals surface area contributed by atoms with Crippen molar-refractivity contribution in [1.29, 1.82) is 0 Å². The monoisotopic (exact) mass is 381 g/mol. The molecule has 0 spiro atoms. The van der Waals surface area contributed by atoms with E-state index in [9.17, 15) is 4.79 Å². The summed E-state index contributed by atoms with van der Waals surface area (Å²) in [6.07, 6.45) is 4.47. The van der Waals surface area contributed by atoms with Crippen LogP contribution in [0.25, 0.3) is 0 Å². The number of nitrogens with one attached hydrogen (secondary N) is 1. The zero-order valence-electron chi connectivity index (χ0n) is 15.4. The van der Waals surface area contributed by atoms with Gasteiger partial charge in [0.2, 0.25) is 0 Å². The molecule has 6 nitrogen and oxygen atoms in total. The highest BCUT2D eigenvalue weighted by Crippen LogP contribution is 2.18. The molecular weight excluding hydrogens is 358 g/mol. The number of rotatable bonds is 5. The Labute approximate surface area is 162 Å². The molecule has 1 atom stereocenters. The van der Waals surface area contributed by atoms with Gasteiger partial charge in [-0.25, -0.2) is 4.98 Å². The molecule has 0 saturated heterocycles. The second kappa shape index (κ2) is 8.00. The smallest absolute Gasteiger partial charge is 0.263 e. The molecule has 3 heterocycles. The first-order chi connectivity index (χ1) is 13.2. The van der Waals surface area contributed by atoms with Crippen molar-refractivity contribution < 1.29 is 4.79 Å². The lowest BCUT2D eigenvalue weighted by atomic mass is 10.1. The van der Waals surface area contributed by atoms with Crippen molar-refractivity contribution in [2.45, 2.75) is 51.6 Å². The molecule has 27 heavy (non-hydrogen) atoms. The molecule has 3 aromatic rings. The van der Waals surface area contributed by atoms with Gasteiger partial charge in [-0.15, -0.1) is 21.5 Å². The van der Waals surface area contributed by atoms with Gasteiger partial charge in [-0.3, -0.25) is 4.79 Å². The molecule has 1 aliphatic rings. The number of aryl methyl sites for hydroxylation is 4. The zero-order chi connectivity index (χ0) is 18.6. The summed E-state index contributed by atoms with van der Waals surface area (Å²) in [6.45, 7) is 2.72. The third kappa shape index (κ3) is 4.08. The zero-order valence-corrected chi connectivity index (χ0v) is 16.2. The Morgan fingerprint density at radius 1 is 1.22 bits per heavy atom. The molecule has 1 unspecified atom stereocenters. The summed E-state index contributed by atoms with van der Waals surface area (Å²) < 4.78 is 2.24. The van der Waals surface area contributed by atoms with Gasteiger partial charge in [0.15, 0.2) is 0 Å². The number of benzene rings is 1. The molecule has 1 aliphatic heterocycles. The van der Waals surface area contributed by atoms with Crippen LogP contribution in [-0.2, 0) is 25.8 Å². The lowest BCUT2D eigenvalue weighted by Crippen LogP contribution is -2.35. The van der Waals surface area contributed by atoms with E-state index in [1.165, 1.54) is 16.9 Å². The van der Waals surface area contributed by atoms with E-state index >= 15 is 0 Å². The fourth-order valence-electron chi connectivity index (χ4n) is 3.55. The summed E-state index contributed by atoms with van der Waals surface area (Å²) in [4.78, 5) is 17.3. The molecule has 1 amide bonds. The van der Waals surface area contributed by atoms with Crippen LogP contribution in [-0.4, -0.2) is 31.7 Å². The maximum Gasteiger partial charge on any atom is 0.263 e. The van der Waals surface area contributed by atoms with Crippen molar-refractivity contribution in [3.05, 3.63) is 63.6 Å². The average Bonchev–Trinajstić information content (AvgIpc) is 3.23. The minimum absolute atomic E-state index is 0.0121. The van der Waals surface area contributed by atoms with Crippen LogP contribution in [0.15, 0.2) is 35.8 Å². The highest BCUT2D eigenvalue weighted by molar-refractivity contribution is 7.11. The van der Waals surface area contributed by atoms with E-state index in [-0.39, 0.29) is 11.9 Å². The second-order valence-corrected chi connectivity index (χ2v) is 7.79. The topological polar surface area (TPSA) is 72.7 Å². The van der Waals surface area contributed by atoms with Gasteiger partial charge in [-0.05, 0) is 31.7 Å². The Bertz CT molecular complexity index is 918. The van der Waals surface area contributed by atoms with Crippen molar-refractivity contribution in [2.24, 2.45) is 0 Å². The number of nitrogens with zero attached hydrogens (tertiary/aromatic N) is 4. The molecule has 0 radical (unpaired) electrons. The fraction of sp³-hybridized carbons (Fsp3) is 0.400. The van der Waals surface area contributed by atoms with E-state index < -0.39 is 0 Å². The van der Waals surface area contributed by atoms with Gasteiger partial charge in [0, 0.05) is 25.4 Å². The molecule has 1 N–H and O–H groups in total. The van der Waals surface area contributed by atoms with Gasteiger partial charge < -0.3 is 9.88 Å². The highest BCUT2D eigenvalue weighted by Gasteiger charge is 2.22. The van der Waals surface area contributed by atoms with Crippen LogP contribution >= 0.6 is 11.3 Å². The van der Waals surface area contributed by atoms with E-state index in [2.05, 4.69) is 49.3 Å². The molecule has 4 rings (SSSR count). The lowest BCUT2D eigenvalue weighted by Gasteiger charge is -2.15. The molecule has 7 heteroatoms. The number of aromatic nitrogens is 4. The summed E-state index contributed by atoms with van der Waals surface area (Å²) in [5, 5.41) is 12.0. The van der Waals surface area contributed by atoms with E-state index in [4.69, 9.17) is 0 Å². The molecular formula is C20H23N5OS. The first-order valence-electron chi connectivity index (χ1n) is 9.36. The molecule has 140 valence electrons. The summed E-state index contributed by atoms with van der Waals surface area (Å²) in [5.41, 5.74) is 3.83. The number of carbonyl (C=O) groups excluding carboxylic acids is 1. The van der Waals surface area contributed by atoms with Crippen LogP contribution < -0.4 is 5.32 Å². The average molecular weight is 382 g/mol. The normalized spacial score (nSPS) is 16.6. The van der Waals surface area contributed by atoms with Gasteiger partial charge in [-0.1, -0.05) is 30.3 Å². The van der Waals surface area contributed by atoms with Crippen LogP contribution in [0.5, 0.6) is 0 Å². The van der Waals surface area contributed by atoms with Gasteiger partial charge in [0.05, 0.1) is 11.2 Å². The van der Waals surface area contributed by atoms with E-state index in [1.807, 2.05) is 13.0 Å². The molecule has 2 aromatic heterocycles. The Hall–Kier alpha value is -2.54. The third-order valence-electron chi connectivity index (χ3n) is 5.09. The van der Waals surface area contributed by atoms with Crippen molar-refractivity contribution >= 4 is 17.2 Å². The Kier molecular flexibility index (Phi) is 5.29. The SMILES string of the molecule is Cc1ncsc1C(=O)NC1CCc2nnc(CCc3ccccc3)n2CC1. The Balaban J connectivity index is 1.38. The number of fused-ring (bicyclic) bond motifs is 1. The summed E-state index contributed by atoms with van der Waals surface area (Å²) in [5.74, 6) is 2.06. The number of hydrogen-bond acceptors (Lipinski definition) is 5. The Morgan fingerprint density at radius 2 is 2.07 bits per heavy atom. The summed E-state index contributed by atoms with van der Waals surface area (Å²) in [6, 6.07) is 10.6. The van der Waals surface area contributed by atoms with Gasteiger partial charge >= 0.3 is 0 Å². The summed E-state index contributed by atoms with van der Waals surface area (Å²) >= 11 is 1.40. The van der Waals surface area contributed by atoms with Gasteiger partial charge in [-0.2, -0.15) is 0 Å². The van der Waals surface area contributed by atoms with Crippen molar-refractivity contribution in [2.75, 3.05) is 0 Å². The van der Waals surface area contributed by atoms with Crippen LogP contribution in [0, 0.1) is 6.92 Å². The molecule has 0 aliphatic carbocycles. The van der Waals surface area contributed by atoms with Crippen LogP contribution in [0.3, 0.4) is 0 Å². The second-order valence-electron chi connectivity index (χ2n) is 6.93. The number of carbonyl (C=O) groups is 1. The Morgan fingerprint density at radius 3 is 2.85 bits per heavy atom. The van der Waals surface area contributed by atoms with Crippen molar-refractivity contribution in [3.63, 3.8) is 0 Å². The predicted molar refractivity (Wildman–Crippen MR) is 105 cm³/mol. The number of thiazole rings is 1. The van der Waals surface area contributed by atoms with Crippen molar-refractivity contribution in [1.82, 2.24) is 25.1 Å². The molecule has 0 bridgehead atoms. The van der Waals surface area contributed by atoms with E-state index in [0.717, 1.165) is 56.0 Å². The quantitative estimate of drug-likeness (QED) is 0.737. The minimum atomic E-state index is -0.0121. The molecule has 0 saturated carbocycles. The minimum Gasteiger partial charge on any atom is -0.348 e. The summed E-state index contributed by atoms with van der Waals surface area (Å²) in [7, 11) is 0. The molecule has 1 aromatic carbocycles. The van der Waals surface area contributed by atoms with Gasteiger partial charge in [0.1, 0.15) is 16.5 Å². The first-order valence-corrected chi connectivity index (χ1v) is 10.2. The van der Waals surface area contributed by atoms with Crippen molar-refractivity contribution in [3.8, 4) is 0 Å².